The summed E-state index contributed by atoms with van der Waals surface area (Å²) in [6, 6.07) is 0. The Labute approximate surface area is 204 Å². The summed E-state index contributed by atoms with van der Waals surface area (Å²) < 4.78 is 0. The number of carboxylic acids is 1. The number of rotatable bonds is 3. The lowest BCUT2D eigenvalue weighted by atomic mass is 9.37. The standard InChI is InChI=1S/C30H42O4/c1-7-20-17-23(31)25(32)19(2)22(20)11-10-21-9-8-12-30(6)24-18-28(4,26(33)34)14-13-27(24,3)15-16-29(21,30)5/h10-11,17,24,32H,7-9,12-16,18H2,1-6H3,(H,33,34)/b21-10+,22-11-/t24-,27-,28-,29-,30+/m1/s1. The highest BCUT2D eigenvalue weighted by atomic mass is 16.4. The van der Waals surface area contributed by atoms with Crippen LogP contribution in [-0.4, -0.2) is 22.0 Å². The Bertz CT molecular complexity index is 1040. The summed E-state index contributed by atoms with van der Waals surface area (Å²) in [6.07, 6.45) is 14.8. The molecule has 3 fully saturated rings. The molecule has 2 N–H and O–H groups in total. The van der Waals surface area contributed by atoms with Gasteiger partial charge < -0.3 is 10.2 Å². The van der Waals surface area contributed by atoms with Crippen LogP contribution in [0.15, 0.2) is 46.3 Å². The second kappa shape index (κ2) is 8.24. The van der Waals surface area contributed by atoms with Gasteiger partial charge in [-0.15, -0.1) is 0 Å². The van der Waals surface area contributed by atoms with E-state index < -0.39 is 11.4 Å². The maximum atomic E-state index is 12.2. The lowest BCUT2D eigenvalue weighted by molar-refractivity contribution is -0.174. The van der Waals surface area contributed by atoms with E-state index in [2.05, 4.69) is 32.9 Å². The number of aliphatic hydroxyl groups excluding tert-OH is 1. The normalized spacial score (nSPS) is 42.9. The Morgan fingerprint density at radius 1 is 1.09 bits per heavy atom. The van der Waals surface area contributed by atoms with E-state index in [9.17, 15) is 19.8 Å². The van der Waals surface area contributed by atoms with Gasteiger partial charge in [0.15, 0.2) is 5.76 Å². The molecule has 0 spiro atoms. The first-order valence-corrected chi connectivity index (χ1v) is 13.1. The van der Waals surface area contributed by atoms with Crippen LogP contribution in [0.4, 0.5) is 0 Å². The van der Waals surface area contributed by atoms with Crippen LogP contribution in [0.5, 0.6) is 0 Å². The number of hydrogen-bond donors (Lipinski definition) is 2. The number of hydrogen-bond acceptors (Lipinski definition) is 3. The average molecular weight is 467 g/mol. The first-order valence-electron chi connectivity index (χ1n) is 13.1. The first-order chi connectivity index (χ1) is 15.8. The SMILES string of the molecule is CCC1=CC(=O)C(O)=C(C)/C1=C/C=C1\CCC[C@@]2(C)[C@@H]3C[C@](C)(C(=O)O)CC[C@]3(C)CC[C@]12C. The Balaban J connectivity index is 1.75. The van der Waals surface area contributed by atoms with Crippen LogP contribution in [-0.2, 0) is 9.59 Å². The maximum absolute atomic E-state index is 12.2. The molecule has 0 saturated heterocycles. The minimum absolute atomic E-state index is 0.0173. The number of carboxylic acid groups (broad SMARTS) is 1. The second-order valence-corrected chi connectivity index (χ2v) is 12.5. The van der Waals surface area contributed by atoms with E-state index in [-0.39, 0.29) is 27.8 Å². The van der Waals surface area contributed by atoms with Gasteiger partial charge in [-0.3, -0.25) is 9.59 Å². The molecule has 0 aromatic heterocycles. The molecule has 34 heavy (non-hydrogen) atoms. The summed E-state index contributed by atoms with van der Waals surface area (Å²) in [4.78, 5) is 24.3. The second-order valence-electron chi connectivity index (χ2n) is 12.5. The molecule has 5 atom stereocenters. The van der Waals surface area contributed by atoms with Crippen molar-refractivity contribution in [1.82, 2.24) is 0 Å². The van der Waals surface area contributed by atoms with Crippen LogP contribution in [0.3, 0.4) is 0 Å². The van der Waals surface area contributed by atoms with Crippen molar-refractivity contribution in [3.05, 3.63) is 46.3 Å². The zero-order valence-electron chi connectivity index (χ0n) is 21.9. The monoisotopic (exact) mass is 466 g/mol. The Hall–Kier alpha value is -2.10. The summed E-state index contributed by atoms with van der Waals surface area (Å²) in [6.45, 7) is 13.1. The van der Waals surface area contributed by atoms with E-state index in [0.29, 0.717) is 11.5 Å². The van der Waals surface area contributed by atoms with Gasteiger partial charge in [-0.2, -0.15) is 0 Å². The molecule has 4 nitrogen and oxygen atoms in total. The summed E-state index contributed by atoms with van der Waals surface area (Å²) in [5.41, 5.74) is 3.67. The van der Waals surface area contributed by atoms with Crippen molar-refractivity contribution in [2.24, 2.45) is 27.6 Å². The molecular formula is C30H42O4. The molecule has 3 saturated carbocycles. The molecule has 4 aliphatic carbocycles. The van der Waals surface area contributed by atoms with Gasteiger partial charge in [0.1, 0.15) is 0 Å². The molecule has 0 amide bonds. The summed E-state index contributed by atoms with van der Waals surface area (Å²) in [5, 5.41) is 20.3. The van der Waals surface area contributed by atoms with Crippen molar-refractivity contribution >= 4 is 11.8 Å². The third-order valence-corrected chi connectivity index (χ3v) is 10.8. The highest BCUT2D eigenvalue weighted by Gasteiger charge is 2.63. The van der Waals surface area contributed by atoms with Gasteiger partial charge in [-0.05, 0) is 111 Å². The van der Waals surface area contributed by atoms with Crippen LogP contribution in [0.25, 0.3) is 0 Å². The molecule has 4 aliphatic rings. The molecule has 0 aliphatic heterocycles. The zero-order chi connectivity index (χ0) is 25.1. The van der Waals surface area contributed by atoms with Crippen molar-refractivity contribution in [3.8, 4) is 0 Å². The highest BCUT2D eigenvalue weighted by Crippen LogP contribution is 2.71. The van der Waals surface area contributed by atoms with Gasteiger partial charge >= 0.3 is 5.97 Å². The summed E-state index contributed by atoms with van der Waals surface area (Å²) in [7, 11) is 0. The smallest absolute Gasteiger partial charge is 0.309 e. The molecule has 0 aromatic carbocycles. The van der Waals surface area contributed by atoms with E-state index in [1.807, 2.05) is 20.8 Å². The predicted octanol–water partition coefficient (Wildman–Crippen LogP) is 7.48. The maximum Gasteiger partial charge on any atom is 0.309 e. The Morgan fingerprint density at radius 2 is 1.76 bits per heavy atom. The fourth-order valence-corrected chi connectivity index (χ4v) is 7.96. The van der Waals surface area contributed by atoms with Crippen LogP contribution < -0.4 is 0 Å². The van der Waals surface area contributed by atoms with Gasteiger partial charge in [-0.25, -0.2) is 0 Å². The van der Waals surface area contributed by atoms with Crippen molar-refractivity contribution in [2.45, 2.75) is 99.3 Å². The molecule has 0 heterocycles. The molecule has 186 valence electrons. The molecule has 4 rings (SSSR count). The van der Waals surface area contributed by atoms with Crippen LogP contribution >= 0.6 is 0 Å². The average Bonchev–Trinajstić information content (AvgIpc) is 2.79. The van der Waals surface area contributed by atoms with Crippen LogP contribution in [0.2, 0.25) is 0 Å². The molecule has 4 heteroatoms. The number of fused-ring (bicyclic) bond motifs is 3. The van der Waals surface area contributed by atoms with Gasteiger partial charge in [0.2, 0.25) is 5.78 Å². The lowest BCUT2D eigenvalue weighted by Gasteiger charge is -2.67. The lowest BCUT2D eigenvalue weighted by Crippen LogP contribution is -2.59. The number of allylic oxidation sites excluding steroid dienone is 7. The third-order valence-electron chi connectivity index (χ3n) is 10.8. The fourth-order valence-electron chi connectivity index (χ4n) is 7.96. The van der Waals surface area contributed by atoms with E-state index in [4.69, 9.17) is 0 Å². The van der Waals surface area contributed by atoms with E-state index in [1.165, 1.54) is 5.57 Å². The largest absolute Gasteiger partial charge is 0.504 e. The fraction of sp³-hybridized carbons (Fsp3) is 0.667. The van der Waals surface area contributed by atoms with Crippen molar-refractivity contribution in [1.29, 1.82) is 0 Å². The highest BCUT2D eigenvalue weighted by molar-refractivity contribution is 6.06. The molecular weight excluding hydrogens is 424 g/mol. The molecule has 0 bridgehead atoms. The summed E-state index contributed by atoms with van der Waals surface area (Å²) in [5.74, 6) is -0.713. The Kier molecular flexibility index (Phi) is 6.06. The minimum atomic E-state index is -0.644. The van der Waals surface area contributed by atoms with Crippen LogP contribution in [0, 0.1) is 27.6 Å². The number of aliphatic carboxylic acids is 1. The Morgan fingerprint density at radius 3 is 2.41 bits per heavy atom. The molecule has 0 aromatic rings. The van der Waals surface area contributed by atoms with Crippen molar-refractivity contribution < 1.29 is 19.8 Å². The van der Waals surface area contributed by atoms with Gasteiger partial charge in [0.05, 0.1) is 5.41 Å². The first kappa shape index (κ1) is 25.0. The van der Waals surface area contributed by atoms with E-state index in [0.717, 1.165) is 68.9 Å². The van der Waals surface area contributed by atoms with Crippen molar-refractivity contribution in [3.63, 3.8) is 0 Å². The number of ketones is 1. The molecule has 0 unspecified atom stereocenters. The number of carbonyl (C=O) groups is 2. The zero-order valence-corrected chi connectivity index (χ0v) is 21.9. The van der Waals surface area contributed by atoms with E-state index >= 15 is 0 Å². The molecule has 0 radical (unpaired) electrons. The third kappa shape index (κ3) is 3.55. The van der Waals surface area contributed by atoms with Crippen LogP contribution in [0.1, 0.15) is 99.3 Å². The topological polar surface area (TPSA) is 74.6 Å². The van der Waals surface area contributed by atoms with Gasteiger partial charge in [0.25, 0.3) is 0 Å². The summed E-state index contributed by atoms with van der Waals surface area (Å²) >= 11 is 0. The predicted molar refractivity (Wildman–Crippen MR) is 135 cm³/mol. The quantitative estimate of drug-likeness (QED) is 0.452. The van der Waals surface area contributed by atoms with Gasteiger partial charge in [-0.1, -0.05) is 45.4 Å². The van der Waals surface area contributed by atoms with Crippen molar-refractivity contribution in [2.75, 3.05) is 0 Å². The van der Waals surface area contributed by atoms with Gasteiger partial charge in [0, 0.05) is 5.57 Å². The number of aliphatic hydroxyl groups is 1. The minimum Gasteiger partial charge on any atom is -0.504 e. The number of carbonyl (C=O) groups excluding carboxylic acids is 1. The van der Waals surface area contributed by atoms with E-state index in [1.54, 1.807) is 6.08 Å².